The van der Waals surface area contributed by atoms with Crippen molar-refractivity contribution < 1.29 is 14.7 Å². The highest BCUT2D eigenvalue weighted by atomic mass is 35.5. The first-order chi connectivity index (χ1) is 14.3. The molecule has 5 nitrogen and oxygen atoms in total. The fourth-order valence-corrected chi connectivity index (χ4v) is 4.09. The molecule has 0 saturated carbocycles. The van der Waals surface area contributed by atoms with E-state index in [0.29, 0.717) is 16.5 Å². The lowest BCUT2D eigenvalue weighted by atomic mass is 9.96. The number of aromatic carboxylic acids is 1. The monoisotopic (exact) mass is 448 g/mol. The molecule has 1 unspecified atom stereocenters. The van der Waals surface area contributed by atoms with Crippen molar-refractivity contribution in [1.29, 1.82) is 0 Å². The van der Waals surface area contributed by atoms with Gasteiger partial charge in [-0.2, -0.15) is 0 Å². The summed E-state index contributed by atoms with van der Waals surface area (Å²) in [5.74, 6) is -0.882. The van der Waals surface area contributed by atoms with Gasteiger partial charge in [-0.1, -0.05) is 48.3 Å². The van der Waals surface area contributed by atoms with E-state index >= 15 is 0 Å². The summed E-state index contributed by atoms with van der Waals surface area (Å²) in [6.45, 7) is 4.63. The Balaban J connectivity index is 1.43. The summed E-state index contributed by atoms with van der Waals surface area (Å²) in [6, 6.07) is 12.6. The lowest BCUT2D eigenvalue weighted by Gasteiger charge is -2.32. The predicted octanol–water partition coefficient (Wildman–Crippen LogP) is 4.97. The van der Waals surface area contributed by atoms with Crippen LogP contribution in [0.15, 0.2) is 42.5 Å². The molecule has 0 aliphatic carbocycles. The molecule has 30 heavy (non-hydrogen) atoms. The summed E-state index contributed by atoms with van der Waals surface area (Å²) < 4.78 is 0. The molecule has 1 saturated heterocycles. The molecule has 1 aliphatic rings. The Kier molecular flexibility index (Phi) is 7.75. The van der Waals surface area contributed by atoms with Crippen molar-refractivity contribution >= 4 is 35.1 Å². The van der Waals surface area contributed by atoms with Gasteiger partial charge in [-0.05, 0) is 54.2 Å². The number of nitrogens with one attached hydrogen (secondary N) is 1. The van der Waals surface area contributed by atoms with Crippen molar-refractivity contribution in [3.05, 3.63) is 69.2 Å². The van der Waals surface area contributed by atoms with E-state index in [-0.39, 0.29) is 23.4 Å². The van der Waals surface area contributed by atoms with Crippen molar-refractivity contribution in [1.82, 2.24) is 10.2 Å². The largest absolute Gasteiger partial charge is 0.478 e. The summed E-state index contributed by atoms with van der Waals surface area (Å²) in [4.78, 5) is 25.8. The quantitative estimate of drug-likeness (QED) is 0.627. The Morgan fingerprint density at radius 3 is 2.37 bits per heavy atom. The molecule has 2 N–H and O–H groups in total. The number of carbonyl (C=O) groups is 2. The highest BCUT2D eigenvalue weighted by Crippen LogP contribution is 2.24. The number of halogens is 2. The minimum Gasteiger partial charge on any atom is -0.478 e. The maximum Gasteiger partial charge on any atom is 0.335 e. The second-order valence-corrected chi connectivity index (χ2v) is 8.71. The molecule has 160 valence electrons. The molecule has 0 aromatic heterocycles. The van der Waals surface area contributed by atoms with Crippen LogP contribution >= 0.6 is 23.2 Å². The van der Waals surface area contributed by atoms with E-state index in [1.54, 1.807) is 24.3 Å². The van der Waals surface area contributed by atoms with Crippen LogP contribution in [-0.4, -0.2) is 41.0 Å². The number of hydrogen-bond donors (Lipinski definition) is 2. The molecule has 0 radical (unpaired) electrons. The number of nitrogens with zero attached hydrogens (tertiary/aromatic N) is 1. The Labute approximate surface area is 187 Å². The van der Waals surface area contributed by atoms with Crippen molar-refractivity contribution in [2.45, 2.75) is 44.7 Å². The summed E-state index contributed by atoms with van der Waals surface area (Å²) in [6.07, 6.45) is 2.21. The first-order valence-corrected chi connectivity index (χ1v) is 10.9. The lowest BCUT2D eigenvalue weighted by Crippen LogP contribution is -2.44. The zero-order chi connectivity index (χ0) is 21.7. The summed E-state index contributed by atoms with van der Waals surface area (Å²) in [5, 5.41) is 13.3. The van der Waals surface area contributed by atoms with E-state index in [9.17, 15) is 9.59 Å². The Morgan fingerprint density at radius 2 is 1.77 bits per heavy atom. The van der Waals surface area contributed by atoms with Gasteiger partial charge in [0.05, 0.1) is 15.6 Å². The van der Waals surface area contributed by atoms with Crippen LogP contribution in [0.1, 0.15) is 53.6 Å². The van der Waals surface area contributed by atoms with Crippen LogP contribution in [0.2, 0.25) is 10.0 Å². The summed E-state index contributed by atoms with van der Waals surface area (Å²) >= 11 is 12.1. The smallest absolute Gasteiger partial charge is 0.335 e. The third-order valence-electron chi connectivity index (χ3n) is 5.56. The number of piperidine rings is 1. The topological polar surface area (TPSA) is 69.6 Å². The standard InChI is InChI=1S/C23H26Cl2N2O3/c1-15(17-3-5-18(6-4-17)23(29)30)12-22(28)26-19-8-10-27(11-9-19)14-16-2-7-20(24)21(25)13-16/h2-7,13,15,19H,8-12,14H2,1H3,(H,26,28)(H,29,30). The average molecular weight is 449 g/mol. The third-order valence-corrected chi connectivity index (χ3v) is 6.30. The number of carboxylic acids is 1. The van der Waals surface area contributed by atoms with E-state index in [1.807, 2.05) is 25.1 Å². The number of benzene rings is 2. The van der Waals surface area contributed by atoms with Gasteiger partial charge in [0, 0.05) is 32.1 Å². The molecule has 2 aromatic carbocycles. The van der Waals surface area contributed by atoms with Crippen LogP contribution in [0.4, 0.5) is 0 Å². The highest BCUT2D eigenvalue weighted by Gasteiger charge is 2.22. The van der Waals surface area contributed by atoms with Crippen LogP contribution in [-0.2, 0) is 11.3 Å². The number of likely N-dealkylation sites (tertiary alicyclic amines) is 1. The van der Waals surface area contributed by atoms with Gasteiger partial charge in [-0.15, -0.1) is 0 Å². The van der Waals surface area contributed by atoms with E-state index in [1.165, 1.54) is 0 Å². The van der Waals surface area contributed by atoms with Crippen LogP contribution in [0.3, 0.4) is 0 Å². The van der Waals surface area contributed by atoms with Gasteiger partial charge in [-0.25, -0.2) is 4.79 Å². The Bertz CT molecular complexity index is 894. The molecular formula is C23H26Cl2N2O3. The lowest BCUT2D eigenvalue weighted by molar-refractivity contribution is -0.122. The number of carbonyl (C=O) groups excluding carboxylic acids is 1. The van der Waals surface area contributed by atoms with Crippen molar-refractivity contribution in [2.24, 2.45) is 0 Å². The molecule has 7 heteroatoms. The molecule has 0 spiro atoms. The maximum atomic E-state index is 12.5. The van der Waals surface area contributed by atoms with Crippen LogP contribution in [0.25, 0.3) is 0 Å². The second kappa shape index (κ2) is 10.3. The number of amides is 1. The molecule has 0 bridgehead atoms. The van der Waals surface area contributed by atoms with E-state index in [4.69, 9.17) is 28.3 Å². The Hall–Kier alpha value is -2.08. The van der Waals surface area contributed by atoms with E-state index in [2.05, 4.69) is 10.2 Å². The van der Waals surface area contributed by atoms with Crippen LogP contribution < -0.4 is 5.32 Å². The molecule has 1 aliphatic heterocycles. The van der Waals surface area contributed by atoms with Crippen molar-refractivity contribution in [3.8, 4) is 0 Å². The minimum atomic E-state index is -0.947. The van der Waals surface area contributed by atoms with Gasteiger partial charge in [0.15, 0.2) is 0 Å². The normalized spacial score (nSPS) is 16.2. The number of carboxylic acid groups (broad SMARTS) is 1. The highest BCUT2D eigenvalue weighted by molar-refractivity contribution is 6.42. The van der Waals surface area contributed by atoms with Gasteiger partial charge in [0.1, 0.15) is 0 Å². The molecule has 1 heterocycles. The van der Waals surface area contributed by atoms with Gasteiger partial charge >= 0.3 is 5.97 Å². The molecule has 2 aromatic rings. The molecular weight excluding hydrogens is 423 g/mol. The predicted molar refractivity (Wildman–Crippen MR) is 119 cm³/mol. The summed E-state index contributed by atoms with van der Waals surface area (Å²) in [7, 11) is 0. The van der Waals surface area contributed by atoms with Gasteiger partial charge in [-0.3, -0.25) is 9.69 Å². The van der Waals surface area contributed by atoms with Gasteiger partial charge in [0.25, 0.3) is 0 Å². The summed E-state index contributed by atoms with van der Waals surface area (Å²) in [5.41, 5.74) is 2.35. The third kappa shape index (κ3) is 6.21. The van der Waals surface area contributed by atoms with E-state index < -0.39 is 5.97 Å². The van der Waals surface area contributed by atoms with Gasteiger partial charge in [0.2, 0.25) is 5.91 Å². The van der Waals surface area contributed by atoms with Crippen LogP contribution in [0.5, 0.6) is 0 Å². The molecule has 3 rings (SSSR count). The second-order valence-electron chi connectivity index (χ2n) is 7.90. The minimum absolute atomic E-state index is 0.0302. The number of rotatable bonds is 7. The fraction of sp³-hybridized carbons (Fsp3) is 0.391. The first kappa shape index (κ1) is 22.6. The Morgan fingerprint density at radius 1 is 1.10 bits per heavy atom. The zero-order valence-corrected chi connectivity index (χ0v) is 18.4. The SMILES string of the molecule is CC(CC(=O)NC1CCN(Cc2ccc(Cl)c(Cl)c2)CC1)c1ccc(C(=O)O)cc1. The number of hydrogen-bond acceptors (Lipinski definition) is 3. The van der Waals surface area contributed by atoms with Crippen molar-refractivity contribution in [3.63, 3.8) is 0 Å². The van der Waals surface area contributed by atoms with Crippen molar-refractivity contribution in [2.75, 3.05) is 13.1 Å². The van der Waals surface area contributed by atoms with E-state index in [0.717, 1.165) is 43.6 Å². The van der Waals surface area contributed by atoms with Crippen LogP contribution in [0, 0.1) is 0 Å². The first-order valence-electron chi connectivity index (χ1n) is 10.1. The maximum absolute atomic E-state index is 12.5. The molecule has 1 fully saturated rings. The molecule has 1 atom stereocenters. The fourth-order valence-electron chi connectivity index (χ4n) is 3.77. The molecule has 1 amide bonds. The average Bonchev–Trinajstić information content (AvgIpc) is 2.72. The zero-order valence-electron chi connectivity index (χ0n) is 16.9. The van der Waals surface area contributed by atoms with Gasteiger partial charge < -0.3 is 10.4 Å².